The minimum Gasteiger partial charge on any atom is -0.478 e. The van der Waals surface area contributed by atoms with E-state index in [9.17, 15) is 9.59 Å². The molecule has 0 aliphatic rings. The zero-order valence-electron chi connectivity index (χ0n) is 10.5. The van der Waals surface area contributed by atoms with Crippen molar-refractivity contribution < 1.29 is 19.1 Å². The first-order valence-corrected chi connectivity index (χ1v) is 5.65. The highest BCUT2D eigenvalue weighted by molar-refractivity contribution is 6.03. The SMILES string of the molecule is CC(C)n1nccc1NC(=O)c1cc(C(=O)O)co1. The molecule has 2 rings (SSSR count). The second-order valence-corrected chi connectivity index (χ2v) is 4.21. The van der Waals surface area contributed by atoms with Crippen molar-refractivity contribution in [3.8, 4) is 0 Å². The standard InChI is InChI=1S/C12H13N3O4/c1-7(2)15-10(3-4-13-15)14-11(16)9-5-8(6-19-9)12(17)18/h3-7H,1-2H3,(H,14,16)(H,17,18). The molecule has 0 spiro atoms. The smallest absolute Gasteiger partial charge is 0.338 e. The molecule has 2 heterocycles. The van der Waals surface area contributed by atoms with E-state index in [-0.39, 0.29) is 17.4 Å². The maximum absolute atomic E-state index is 11.9. The molecular formula is C12H13N3O4. The van der Waals surface area contributed by atoms with Gasteiger partial charge in [0, 0.05) is 18.2 Å². The topological polar surface area (TPSA) is 97.4 Å². The third-order valence-corrected chi connectivity index (χ3v) is 2.47. The van der Waals surface area contributed by atoms with Crippen molar-refractivity contribution in [1.82, 2.24) is 9.78 Å². The van der Waals surface area contributed by atoms with Crippen LogP contribution >= 0.6 is 0 Å². The van der Waals surface area contributed by atoms with Crippen molar-refractivity contribution >= 4 is 17.7 Å². The number of amides is 1. The monoisotopic (exact) mass is 263 g/mol. The normalized spacial score (nSPS) is 10.7. The summed E-state index contributed by atoms with van der Waals surface area (Å²) in [7, 11) is 0. The van der Waals surface area contributed by atoms with Gasteiger partial charge in [-0.1, -0.05) is 0 Å². The van der Waals surface area contributed by atoms with E-state index in [1.165, 1.54) is 6.07 Å². The molecule has 19 heavy (non-hydrogen) atoms. The van der Waals surface area contributed by atoms with E-state index in [0.717, 1.165) is 6.26 Å². The minimum atomic E-state index is -1.14. The van der Waals surface area contributed by atoms with Gasteiger partial charge in [-0.25, -0.2) is 9.48 Å². The van der Waals surface area contributed by atoms with Gasteiger partial charge in [0.2, 0.25) is 0 Å². The Kier molecular flexibility index (Phi) is 3.37. The highest BCUT2D eigenvalue weighted by Crippen LogP contribution is 2.15. The summed E-state index contributed by atoms with van der Waals surface area (Å²) in [5.41, 5.74) is -0.0671. The van der Waals surface area contributed by atoms with E-state index in [4.69, 9.17) is 9.52 Å². The predicted molar refractivity (Wildman–Crippen MR) is 66.2 cm³/mol. The highest BCUT2D eigenvalue weighted by Gasteiger charge is 2.16. The second-order valence-electron chi connectivity index (χ2n) is 4.21. The van der Waals surface area contributed by atoms with Gasteiger partial charge in [-0.15, -0.1) is 0 Å². The van der Waals surface area contributed by atoms with Gasteiger partial charge < -0.3 is 14.8 Å². The van der Waals surface area contributed by atoms with Crippen molar-refractivity contribution in [3.63, 3.8) is 0 Å². The summed E-state index contributed by atoms with van der Waals surface area (Å²) in [5, 5.41) is 15.4. The molecule has 0 saturated heterocycles. The van der Waals surface area contributed by atoms with Crippen LogP contribution in [0.4, 0.5) is 5.82 Å². The zero-order chi connectivity index (χ0) is 14.0. The van der Waals surface area contributed by atoms with Crippen molar-refractivity contribution in [3.05, 3.63) is 35.9 Å². The number of aromatic nitrogens is 2. The van der Waals surface area contributed by atoms with Crippen LogP contribution in [-0.4, -0.2) is 26.8 Å². The molecule has 0 unspecified atom stereocenters. The maximum Gasteiger partial charge on any atom is 0.338 e. The van der Waals surface area contributed by atoms with Gasteiger partial charge in [-0.3, -0.25) is 4.79 Å². The lowest BCUT2D eigenvalue weighted by molar-refractivity contribution is 0.0696. The van der Waals surface area contributed by atoms with E-state index in [1.807, 2.05) is 13.8 Å². The Morgan fingerprint density at radius 3 is 2.79 bits per heavy atom. The summed E-state index contributed by atoms with van der Waals surface area (Å²) in [6.07, 6.45) is 2.59. The summed E-state index contributed by atoms with van der Waals surface area (Å²) >= 11 is 0. The number of nitrogens with zero attached hydrogens (tertiary/aromatic N) is 2. The quantitative estimate of drug-likeness (QED) is 0.879. The first-order chi connectivity index (χ1) is 8.99. The van der Waals surface area contributed by atoms with Crippen molar-refractivity contribution in [2.75, 3.05) is 5.32 Å². The first-order valence-electron chi connectivity index (χ1n) is 5.65. The van der Waals surface area contributed by atoms with E-state index in [0.29, 0.717) is 5.82 Å². The van der Waals surface area contributed by atoms with Crippen LogP contribution < -0.4 is 5.32 Å². The van der Waals surface area contributed by atoms with Crippen LogP contribution in [0.3, 0.4) is 0 Å². The fourth-order valence-electron chi connectivity index (χ4n) is 1.57. The largest absolute Gasteiger partial charge is 0.478 e. The molecule has 7 heteroatoms. The van der Waals surface area contributed by atoms with Gasteiger partial charge >= 0.3 is 5.97 Å². The lowest BCUT2D eigenvalue weighted by Crippen LogP contribution is -2.16. The number of carbonyl (C=O) groups is 2. The summed E-state index contributed by atoms with van der Waals surface area (Å²) in [6, 6.07) is 2.92. The minimum absolute atomic E-state index is 0.0612. The van der Waals surface area contributed by atoms with Crippen LogP contribution in [0.1, 0.15) is 40.8 Å². The fourth-order valence-corrected chi connectivity index (χ4v) is 1.57. The molecule has 0 atom stereocenters. The maximum atomic E-state index is 11.9. The molecule has 100 valence electrons. The van der Waals surface area contributed by atoms with Gasteiger partial charge in [0.25, 0.3) is 5.91 Å². The molecule has 0 aromatic carbocycles. The molecule has 0 aliphatic carbocycles. The van der Waals surface area contributed by atoms with Crippen LogP contribution in [0.2, 0.25) is 0 Å². The number of furan rings is 1. The molecule has 0 radical (unpaired) electrons. The summed E-state index contributed by atoms with van der Waals surface area (Å²) in [5.74, 6) is -1.20. The Labute approximate surface area is 108 Å². The average molecular weight is 263 g/mol. The van der Waals surface area contributed by atoms with Gasteiger partial charge in [0.05, 0.1) is 11.8 Å². The van der Waals surface area contributed by atoms with Crippen LogP contribution in [0.25, 0.3) is 0 Å². The molecule has 0 fully saturated rings. The van der Waals surface area contributed by atoms with Crippen LogP contribution in [0, 0.1) is 0 Å². The molecule has 1 amide bonds. The highest BCUT2D eigenvalue weighted by atomic mass is 16.4. The number of anilines is 1. The number of nitrogens with one attached hydrogen (secondary N) is 1. The van der Waals surface area contributed by atoms with Crippen LogP contribution in [0.15, 0.2) is 29.0 Å². The zero-order valence-corrected chi connectivity index (χ0v) is 10.5. The summed E-state index contributed by atoms with van der Waals surface area (Å²) in [6.45, 7) is 3.86. The predicted octanol–water partition coefficient (Wildman–Crippen LogP) is 2.01. The second kappa shape index (κ2) is 4.97. The third-order valence-electron chi connectivity index (χ3n) is 2.47. The molecule has 0 aliphatic heterocycles. The van der Waals surface area contributed by atoms with Crippen molar-refractivity contribution in [1.29, 1.82) is 0 Å². The Balaban J connectivity index is 2.16. The Bertz CT molecular complexity index is 612. The molecule has 2 N–H and O–H groups in total. The van der Waals surface area contributed by atoms with Gasteiger partial charge in [-0.05, 0) is 13.8 Å². The van der Waals surface area contributed by atoms with E-state index in [1.54, 1.807) is 16.9 Å². The lowest BCUT2D eigenvalue weighted by atomic mass is 10.3. The molecule has 2 aromatic heterocycles. The first kappa shape index (κ1) is 12.9. The summed E-state index contributed by atoms with van der Waals surface area (Å²) < 4.78 is 6.55. The fraction of sp³-hybridized carbons (Fsp3) is 0.250. The van der Waals surface area contributed by atoms with Gasteiger partial charge in [0.15, 0.2) is 5.76 Å². The molecule has 2 aromatic rings. The Morgan fingerprint density at radius 1 is 1.47 bits per heavy atom. The Morgan fingerprint density at radius 2 is 2.21 bits per heavy atom. The van der Waals surface area contributed by atoms with E-state index in [2.05, 4.69) is 10.4 Å². The average Bonchev–Trinajstić information content (AvgIpc) is 2.96. The van der Waals surface area contributed by atoms with Gasteiger partial charge in [-0.2, -0.15) is 5.10 Å². The van der Waals surface area contributed by atoms with Crippen LogP contribution in [-0.2, 0) is 0 Å². The van der Waals surface area contributed by atoms with Crippen molar-refractivity contribution in [2.45, 2.75) is 19.9 Å². The third kappa shape index (κ3) is 2.65. The number of carboxylic acid groups (broad SMARTS) is 1. The lowest BCUT2D eigenvalue weighted by Gasteiger charge is -2.10. The van der Waals surface area contributed by atoms with Crippen molar-refractivity contribution in [2.24, 2.45) is 0 Å². The molecule has 0 bridgehead atoms. The number of rotatable bonds is 4. The summed E-state index contributed by atoms with van der Waals surface area (Å²) in [4.78, 5) is 22.6. The van der Waals surface area contributed by atoms with E-state index >= 15 is 0 Å². The molecule has 0 saturated carbocycles. The molecular weight excluding hydrogens is 250 g/mol. The number of hydrogen-bond acceptors (Lipinski definition) is 4. The number of carbonyl (C=O) groups excluding carboxylic acids is 1. The van der Waals surface area contributed by atoms with Gasteiger partial charge in [0.1, 0.15) is 12.1 Å². The number of aromatic carboxylic acids is 1. The number of carboxylic acids is 1. The molecule has 7 nitrogen and oxygen atoms in total. The number of hydrogen-bond donors (Lipinski definition) is 2. The van der Waals surface area contributed by atoms with Crippen LogP contribution in [0.5, 0.6) is 0 Å². The van der Waals surface area contributed by atoms with E-state index < -0.39 is 11.9 Å². The Hall–Kier alpha value is -2.57.